The van der Waals surface area contributed by atoms with E-state index >= 15 is 0 Å². The first-order valence-corrected chi connectivity index (χ1v) is 8.15. The van der Waals surface area contributed by atoms with E-state index in [-0.39, 0.29) is 36.1 Å². The number of nitrogens with one attached hydrogen (secondary N) is 2. The highest BCUT2D eigenvalue weighted by Gasteiger charge is 2.17. The average Bonchev–Trinajstić information content (AvgIpc) is 3.24. The van der Waals surface area contributed by atoms with Crippen molar-refractivity contribution in [2.24, 2.45) is 4.99 Å². The van der Waals surface area contributed by atoms with Crippen LogP contribution in [0.4, 0.5) is 0 Å². The smallest absolute Gasteiger partial charge is 0.191 e. The molecule has 1 aromatic heterocycles. The van der Waals surface area contributed by atoms with E-state index in [2.05, 4.69) is 29.1 Å². The summed E-state index contributed by atoms with van der Waals surface area (Å²) in [6.07, 6.45) is 5.46. The van der Waals surface area contributed by atoms with Gasteiger partial charge in [-0.2, -0.15) is 0 Å². The van der Waals surface area contributed by atoms with Crippen LogP contribution < -0.4 is 10.6 Å². The highest BCUT2D eigenvalue weighted by molar-refractivity contribution is 14.0. The Hall–Kier alpha value is -1.06. The lowest BCUT2D eigenvalue weighted by molar-refractivity contribution is 0.0347. The molecule has 24 heavy (non-hydrogen) atoms. The van der Waals surface area contributed by atoms with E-state index < -0.39 is 0 Å². The van der Waals surface area contributed by atoms with Gasteiger partial charge in [0.05, 0.1) is 25.6 Å². The Morgan fingerprint density at radius 3 is 3.12 bits per heavy atom. The van der Waals surface area contributed by atoms with Crippen molar-refractivity contribution < 1.29 is 13.9 Å². The van der Waals surface area contributed by atoms with Gasteiger partial charge in [0, 0.05) is 32.2 Å². The average molecular weight is 449 g/mol. The van der Waals surface area contributed by atoms with Crippen LogP contribution >= 0.6 is 24.0 Å². The number of nitrogens with zero attached hydrogens (tertiary/aromatic N) is 1. The second-order valence-electron chi connectivity index (χ2n) is 5.59. The first kappa shape index (κ1) is 21.0. The van der Waals surface area contributed by atoms with Crippen LogP contribution in [0.15, 0.2) is 40.5 Å². The Morgan fingerprint density at radius 1 is 1.58 bits per heavy atom. The van der Waals surface area contributed by atoms with Crippen LogP contribution in [0.3, 0.4) is 0 Å². The molecule has 2 rings (SSSR count). The van der Waals surface area contributed by atoms with E-state index in [4.69, 9.17) is 13.9 Å². The van der Waals surface area contributed by atoms with Gasteiger partial charge in [-0.05, 0) is 25.5 Å². The van der Waals surface area contributed by atoms with E-state index in [1.165, 1.54) is 0 Å². The molecule has 7 heteroatoms. The van der Waals surface area contributed by atoms with Crippen LogP contribution in [0.25, 0.3) is 0 Å². The number of halogens is 1. The summed E-state index contributed by atoms with van der Waals surface area (Å²) in [5.41, 5.74) is 0. The normalized spacial score (nSPS) is 18.7. The van der Waals surface area contributed by atoms with Gasteiger partial charge in [0.2, 0.25) is 0 Å². The summed E-state index contributed by atoms with van der Waals surface area (Å²) < 4.78 is 16.5. The van der Waals surface area contributed by atoms with E-state index in [1.807, 2.05) is 12.1 Å². The van der Waals surface area contributed by atoms with Crippen molar-refractivity contribution in [3.8, 4) is 0 Å². The quantitative estimate of drug-likeness (QED) is 0.262. The largest absolute Gasteiger partial charge is 0.469 e. The monoisotopic (exact) mass is 449 g/mol. The molecule has 2 unspecified atom stereocenters. The maximum Gasteiger partial charge on any atom is 0.191 e. The molecule has 1 aliphatic heterocycles. The molecule has 1 aliphatic rings. The zero-order valence-corrected chi connectivity index (χ0v) is 16.5. The van der Waals surface area contributed by atoms with Gasteiger partial charge in [-0.3, -0.25) is 4.99 Å². The molecular weight excluding hydrogens is 421 g/mol. The van der Waals surface area contributed by atoms with Gasteiger partial charge in [0.1, 0.15) is 5.76 Å². The number of hydrogen-bond donors (Lipinski definition) is 2. The summed E-state index contributed by atoms with van der Waals surface area (Å²) in [4.78, 5) is 4.56. The van der Waals surface area contributed by atoms with E-state index in [0.717, 1.165) is 31.2 Å². The van der Waals surface area contributed by atoms with Crippen LogP contribution in [0, 0.1) is 0 Å². The summed E-state index contributed by atoms with van der Waals surface area (Å²) in [6.45, 7) is 9.24. The lowest BCUT2D eigenvalue weighted by Gasteiger charge is -2.19. The Labute approximate surface area is 161 Å². The molecule has 6 nitrogen and oxygen atoms in total. The number of furan rings is 1. The van der Waals surface area contributed by atoms with Gasteiger partial charge in [-0.15, -0.1) is 30.6 Å². The summed E-state index contributed by atoms with van der Waals surface area (Å²) in [7, 11) is 0. The molecule has 1 fully saturated rings. The van der Waals surface area contributed by atoms with Crippen molar-refractivity contribution in [1.82, 2.24) is 10.6 Å². The van der Waals surface area contributed by atoms with Crippen LogP contribution in [-0.2, 0) is 15.9 Å². The maximum absolute atomic E-state index is 5.83. The van der Waals surface area contributed by atoms with Crippen LogP contribution in [0.5, 0.6) is 0 Å². The standard InChI is InChI=1S/C17H27N3O3.HI/c1-3-8-18-17(19-9-6-15-5-4-10-22-15)20-14(2)12-23-16-7-11-21-13-16;/h3-5,10,14,16H,1,6-9,11-13H2,2H3,(H2,18,19,20);1H. The zero-order chi connectivity index (χ0) is 16.3. The number of hydrogen-bond acceptors (Lipinski definition) is 4. The SMILES string of the molecule is C=CCNC(=NCCc1ccco1)NC(C)COC1CCOC1.I. The number of rotatable bonds is 9. The molecule has 0 radical (unpaired) electrons. The zero-order valence-electron chi connectivity index (χ0n) is 14.2. The van der Waals surface area contributed by atoms with Gasteiger partial charge in [-0.25, -0.2) is 0 Å². The predicted octanol–water partition coefficient (Wildman–Crippen LogP) is 2.36. The Balaban J connectivity index is 0.00000288. The van der Waals surface area contributed by atoms with E-state index in [0.29, 0.717) is 26.3 Å². The summed E-state index contributed by atoms with van der Waals surface area (Å²) in [5.74, 6) is 1.70. The summed E-state index contributed by atoms with van der Waals surface area (Å²) in [5, 5.41) is 6.57. The first-order chi connectivity index (χ1) is 11.3. The minimum atomic E-state index is 0. The van der Waals surface area contributed by atoms with E-state index in [9.17, 15) is 0 Å². The van der Waals surface area contributed by atoms with Crippen LogP contribution in [0.2, 0.25) is 0 Å². The minimum absolute atomic E-state index is 0. The fraction of sp³-hybridized carbons (Fsp3) is 0.588. The molecule has 0 bridgehead atoms. The minimum Gasteiger partial charge on any atom is -0.469 e. The molecule has 0 aliphatic carbocycles. The van der Waals surface area contributed by atoms with Crippen molar-refractivity contribution in [3.63, 3.8) is 0 Å². The lowest BCUT2D eigenvalue weighted by Crippen LogP contribution is -2.44. The highest BCUT2D eigenvalue weighted by Crippen LogP contribution is 2.08. The molecule has 2 heterocycles. The molecule has 0 aromatic carbocycles. The van der Waals surface area contributed by atoms with Gasteiger partial charge in [0.25, 0.3) is 0 Å². The third-order valence-electron chi connectivity index (χ3n) is 3.48. The van der Waals surface area contributed by atoms with Crippen molar-refractivity contribution in [3.05, 3.63) is 36.8 Å². The van der Waals surface area contributed by atoms with Crippen molar-refractivity contribution in [1.29, 1.82) is 0 Å². The van der Waals surface area contributed by atoms with Gasteiger partial charge >= 0.3 is 0 Å². The lowest BCUT2D eigenvalue weighted by atomic mass is 10.3. The number of ether oxygens (including phenoxy) is 2. The molecule has 0 amide bonds. The van der Waals surface area contributed by atoms with Crippen LogP contribution in [0.1, 0.15) is 19.1 Å². The second kappa shape index (κ2) is 12.3. The van der Waals surface area contributed by atoms with Gasteiger partial charge in [0.15, 0.2) is 5.96 Å². The fourth-order valence-corrected chi connectivity index (χ4v) is 2.25. The van der Waals surface area contributed by atoms with E-state index in [1.54, 1.807) is 12.3 Å². The Bertz CT molecular complexity index is 473. The molecule has 1 aromatic rings. The van der Waals surface area contributed by atoms with Gasteiger partial charge in [-0.1, -0.05) is 6.08 Å². The third-order valence-corrected chi connectivity index (χ3v) is 3.48. The molecule has 1 saturated heterocycles. The predicted molar refractivity (Wildman–Crippen MR) is 106 cm³/mol. The molecule has 136 valence electrons. The summed E-state index contributed by atoms with van der Waals surface area (Å²) >= 11 is 0. The molecular formula is C17H28IN3O3. The topological polar surface area (TPSA) is 68.0 Å². The molecule has 0 spiro atoms. The van der Waals surface area contributed by atoms with Crippen molar-refractivity contribution in [2.75, 3.05) is 32.9 Å². The van der Waals surface area contributed by atoms with Gasteiger partial charge < -0.3 is 24.5 Å². The maximum atomic E-state index is 5.83. The summed E-state index contributed by atoms with van der Waals surface area (Å²) in [6, 6.07) is 4.01. The molecule has 2 N–H and O–H groups in total. The fourth-order valence-electron chi connectivity index (χ4n) is 2.25. The molecule has 2 atom stereocenters. The van der Waals surface area contributed by atoms with Crippen LogP contribution in [-0.4, -0.2) is 51.0 Å². The Kier molecular flexibility index (Phi) is 10.8. The van der Waals surface area contributed by atoms with Crippen molar-refractivity contribution >= 4 is 29.9 Å². The third kappa shape index (κ3) is 8.16. The van der Waals surface area contributed by atoms with Crippen molar-refractivity contribution in [2.45, 2.75) is 31.9 Å². The first-order valence-electron chi connectivity index (χ1n) is 8.15. The number of aliphatic imine (C=N–C) groups is 1. The Morgan fingerprint density at radius 2 is 2.46 bits per heavy atom. The highest BCUT2D eigenvalue weighted by atomic mass is 127. The molecule has 0 saturated carbocycles. The number of guanidine groups is 1. The second-order valence-corrected chi connectivity index (χ2v) is 5.59.